The lowest BCUT2D eigenvalue weighted by molar-refractivity contribution is 0.730. The molecule has 23 heavy (non-hydrogen) atoms. The number of aliphatic imine (C=N–C) groups is 1. The molecule has 0 atom stereocenters. The molecule has 0 aromatic carbocycles. The van der Waals surface area contributed by atoms with E-state index in [1.807, 2.05) is 7.05 Å². The quantitative estimate of drug-likeness (QED) is 0.265. The van der Waals surface area contributed by atoms with Crippen LogP contribution in [-0.4, -0.2) is 52.4 Å². The van der Waals surface area contributed by atoms with Crippen molar-refractivity contribution in [3.8, 4) is 0 Å². The molecule has 0 bridgehead atoms. The zero-order valence-corrected chi connectivity index (χ0v) is 16.2. The van der Waals surface area contributed by atoms with Crippen molar-refractivity contribution in [2.24, 2.45) is 12.0 Å². The molecule has 0 fully saturated rings. The van der Waals surface area contributed by atoms with Crippen molar-refractivity contribution >= 4 is 46.8 Å². The van der Waals surface area contributed by atoms with Crippen molar-refractivity contribution in [3.63, 3.8) is 0 Å². The van der Waals surface area contributed by atoms with E-state index in [0.29, 0.717) is 0 Å². The summed E-state index contributed by atoms with van der Waals surface area (Å²) in [6.07, 6.45) is 5.63. The first kappa shape index (κ1) is 19.4. The van der Waals surface area contributed by atoms with Crippen LogP contribution in [0.4, 0.5) is 5.82 Å². The fourth-order valence-corrected chi connectivity index (χ4v) is 2.07. The van der Waals surface area contributed by atoms with Gasteiger partial charge in [0.2, 0.25) is 0 Å². The van der Waals surface area contributed by atoms with E-state index in [9.17, 15) is 0 Å². The van der Waals surface area contributed by atoms with Crippen LogP contribution in [0.1, 0.15) is 19.8 Å². The van der Waals surface area contributed by atoms with Gasteiger partial charge in [-0.15, -0.1) is 24.0 Å². The molecular formula is C14H25IN8. The first-order valence-corrected chi connectivity index (χ1v) is 7.57. The number of hydrogen-bond acceptors (Lipinski definition) is 5. The van der Waals surface area contributed by atoms with Crippen molar-refractivity contribution in [1.82, 2.24) is 30.4 Å². The Hall–Kier alpha value is -1.65. The maximum absolute atomic E-state index is 4.27. The summed E-state index contributed by atoms with van der Waals surface area (Å²) in [6, 6.07) is 0. The van der Waals surface area contributed by atoms with E-state index in [2.05, 4.69) is 42.9 Å². The van der Waals surface area contributed by atoms with E-state index in [0.717, 1.165) is 48.9 Å². The molecule has 2 rings (SSSR count). The number of hydrogen-bond donors (Lipinski definition) is 3. The van der Waals surface area contributed by atoms with Crippen LogP contribution in [0.2, 0.25) is 0 Å². The lowest BCUT2D eigenvalue weighted by Gasteiger charge is -2.12. The second kappa shape index (κ2) is 10.2. The fraction of sp³-hybridized carbons (Fsp3) is 0.571. The maximum Gasteiger partial charge on any atom is 0.191 e. The Balaban J connectivity index is 0.00000264. The Bertz CT molecular complexity index is 624. The van der Waals surface area contributed by atoms with E-state index < -0.39 is 0 Å². The summed E-state index contributed by atoms with van der Waals surface area (Å²) in [5.74, 6) is 1.62. The summed E-state index contributed by atoms with van der Waals surface area (Å²) in [5, 5.41) is 15.0. The highest BCUT2D eigenvalue weighted by Gasteiger charge is 2.06. The Labute approximate surface area is 153 Å². The van der Waals surface area contributed by atoms with Crippen LogP contribution in [0.3, 0.4) is 0 Å². The molecule has 3 N–H and O–H groups in total. The molecular weight excluding hydrogens is 407 g/mol. The minimum atomic E-state index is 0. The molecule has 0 aliphatic heterocycles. The topological polar surface area (TPSA) is 92.1 Å². The summed E-state index contributed by atoms with van der Waals surface area (Å²) in [7, 11) is 3.64. The van der Waals surface area contributed by atoms with Gasteiger partial charge in [-0.1, -0.05) is 13.3 Å². The van der Waals surface area contributed by atoms with Crippen LogP contribution < -0.4 is 16.0 Å². The van der Waals surface area contributed by atoms with Gasteiger partial charge in [-0.25, -0.2) is 9.97 Å². The van der Waals surface area contributed by atoms with Gasteiger partial charge in [-0.05, 0) is 6.42 Å². The van der Waals surface area contributed by atoms with Crippen molar-refractivity contribution in [2.75, 3.05) is 32.0 Å². The van der Waals surface area contributed by atoms with E-state index >= 15 is 0 Å². The predicted octanol–water partition coefficient (Wildman–Crippen LogP) is 1.36. The molecule has 0 aliphatic carbocycles. The van der Waals surface area contributed by atoms with Crippen molar-refractivity contribution in [3.05, 3.63) is 12.5 Å². The molecule has 2 heterocycles. The highest BCUT2D eigenvalue weighted by molar-refractivity contribution is 14.0. The van der Waals surface area contributed by atoms with Gasteiger partial charge in [-0.2, -0.15) is 5.10 Å². The summed E-state index contributed by atoms with van der Waals surface area (Å²) >= 11 is 0. The van der Waals surface area contributed by atoms with Crippen LogP contribution in [0.25, 0.3) is 11.0 Å². The predicted molar refractivity (Wildman–Crippen MR) is 104 cm³/mol. The number of anilines is 1. The maximum atomic E-state index is 4.27. The molecule has 2 aromatic heterocycles. The third-order valence-electron chi connectivity index (χ3n) is 3.29. The number of aryl methyl sites for hydroxylation is 1. The summed E-state index contributed by atoms with van der Waals surface area (Å²) < 4.78 is 1.74. The normalized spacial score (nSPS) is 11.2. The zero-order valence-electron chi connectivity index (χ0n) is 13.8. The Kier molecular flexibility index (Phi) is 8.59. The fourth-order valence-electron chi connectivity index (χ4n) is 2.07. The number of nitrogens with zero attached hydrogens (tertiary/aromatic N) is 5. The monoisotopic (exact) mass is 432 g/mol. The van der Waals surface area contributed by atoms with Gasteiger partial charge in [0, 0.05) is 33.7 Å². The first-order chi connectivity index (χ1) is 10.8. The average molecular weight is 432 g/mol. The average Bonchev–Trinajstić information content (AvgIpc) is 2.92. The highest BCUT2D eigenvalue weighted by atomic mass is 127. The number of rotatable bonds is 7. The summed E-state index contributed by atoms with van der Waals surface area (Å²) in [6.45, 7) is 4.58. The van der Waals surface area contributed by atoms with Gasteiger partial charge >= 0.3 is 0 Å². The van der Waals surface area contributed by atoms with Gasteiger partial charge in [0.05, 0.1) is 11.6 Å². The van der Waals surface area contributed by atoms with E-state index in [1.165, 1.54) is 6.42 Å². The number of fused-ring (bicyclic) bond motifs is 1. The van der Waals surface area contributed by atoms with Crippen molar-refractivity contribution in [2.45, 2.75) is 19.8 Å². The zero-order chi connectivity index (χ0) is 15.8. The van der Waals surface area contributed by atoms with Gasteiger partial charge in [0.25, 0.3) is 0 Å². The van der Waals surface area contributed by atoms with Crippen LogP contribution >= 0.6 is 24.0 Å². The molecule has 0 aliphatic rings. The molecule has 0 amide bonds. The number of nitrogens with one attached hydrogen (secondary N) is 3. The van der Waals surface area contributed by atoms with Crippen molar-refractivity contribution in [1.29, 1.82) is 0 Å². The van der Waals surface area contributed by atoms with Crippen LogP contribution in [0.5, 0.6) is 0 Å². The first-order valence-electron chi connectivity index (χ1n) is 7.57. The van der Waals surface area contributed by atoms with Crippen LogP contribution in [-0.2, 0) is 7.05 Å². The van der Waals surface area contributed by atoms with E-state index in [-0.39, 0.29) is 24.0 Å². The smallest absolute Gasteiger partial charge is 0.191 e. The highest BCUT2D eigenvalue weighted by Crippen LogP contribution is 2.16. The Morgan fingerprint density at radius 2 is 2.00 bits per heavy atom. The summed E-state index contributed by atoms with van der Waals surface area (Å²) in [4.78, 5) is 12.7. The lowest BCUT2D eigenvalue weighted by Crippen LogP contribution is -2.39. The molecule has 128 valence electrons. The summed E-state index contributed by atoms with van der Waals surface area (Å²) in [5.41, 5.74) is 0.822. The molecule has 0 unspecified atom stereocenters. The molecule has 0 saturated heterocycles. The lowest BCUT2D eigenvalue weighted by atomic mass is 10.3. The van der Waals surface area contributed by atoms with Gasteiger partial charge in [-0.3, -0.25) is 9.67 Å². The molecule has 0 radical (unpaired) electrons. The number of unbranched alkanes of at least 4 members (excludes halogenated alkanes) is 1. The third-order valence-corrected chi connectivity index (χ3v) is 3.29. The standard InChI is InChI=1S/C14H24N8.HI/c1-4-5-6-17-14(15-2)18-8-7-16-12-11-9-21-22(3)13(11)20-10-19-12;/h9-10H,4-8H2,1-3H3,(H2,15,17,18)(H,16,19,20);1H. The minimum Gasteiger partial charge on any atom is -0.368 e. The SMILES string of the molecule is CCCCNC(=NC)NCCNc1ncnc2c1cnn2C.I. The Morgan fingerprint density at radius 1 is 1.22 bits per heavy atom. The number of guanidine groups is 1. The second-order valence-corrected chi connectivity index (χ2v) is 4.93. The largest absolute Gasteiger partial charge is 0.368 e. The van der Waals surface area contributed by atoms with Crippen LogP contribution in [0.15, 0.2) is 17.5 Å². The van der Waals surface area contributed by atoms with Gasteiger partial charge in [0.15, 0.2) is 11.6 Å². The molecule has 0 saturated carbocycles. The van der Waals surface area contributed by atoms with Gasteiger partial charge in [0.1, 0.15) is 12.1 Å². The Morgan fingerprint density at radius 3 is 2.74 bits per heavy atom. The minimum absolute atomic E-state index is 0. The second-order valence-electron chi connectivity index (χ2n) is 4.93. The number of aromatic nitrogens is 4. The molecule has 9 heteroatoms. The van der Waals surface area contributed by atoms with E-state index in [4.69, 9.17) is 0 Å². The number of halogens is 1. The van der Waals surface area contributed by atoms with Crippen LogP contribution in [0, 0.1) is 0 Å². The molecule has 2 aromatic rings. The third kappa shape index (κ3) is 5.48. The van der Waals surface area contributed by atoms with Crippen molar-refractivity contribution < 1.29 is 0 Å². The van der Waals surface area contributed by atoms with E-state index in [1.54, 1.807) is 24.3 Å². The molecule has 0 spiro atoms. The molecule has 8 nitrogen and oxygen atoms in total. The van der Waals surface area contributed by atoms with Gasteiger partial charge < -0.3 is 16.0 Å².